The first kappa shape index (κ1) is 25.5. The largest absolute Gasteiger partial charge is 0.373 e. The van der Waals surface area contributed by atoms with Crippen LogP contribution in [0.5, 0.6) is 0 Å². The van der Waals surface area contributed by atoms with Crippen molar-refractivity contribution in [2.24, 2.45) is 5.16 Å². The molecular formula is C25H35Cl2N3O. The standard InChI is InChI=1S/C25H33N3O.2ClH/c1-27-19-25(28(2)22-16-10-5-11-17-22)29-26-24(27)18-23(20-12-6-3-7-13-20)21-14-8-4-9-15-21;;/h3-4,6-9,12-15,22-23,25H,5,10-11,16-19H2,1-2H3;2*1H. The zero-order valence-corrected chi connectivity index (χ0v) is 20.2. The highest BCUT2D eigenvalue weighted by molar-refractivity contribution is 5.85. The maximum absolute atomic E-state index is 6.02. The quantitative estimate of drug-likeness (QED) is 0.531. The number of amidine groups is 1. The molecule has 2 aromatic rings. The van der Waals surface area contributed by atoms with Crippen LogP contribution < -0.4 is 0 Å². The second-order valence-corrected chi connectivity index (χ2v) is 8.48. The maximum atomic E-state index is 6.02. The summed E-state index contributed by atoms with van der Waals surface area (Å²) in [4.78, 5) is 10.7. The molecule has 4 rings (SSSR count). The summed E-state index contributed by atoms with van der Waals surface area (Å²) in [6.45, 7) is 0.863. The number of hydrogen-bond donors (Lipinski definition) is 0. The summed E-state index contributed by atoms with van der Waals surface area (Å²) in [5, 5.41) is 4.60. The first-order chi connectivity index (χ1) is 14.2. The summed E-state index contributed by atoms with van der Waals surface area (Å²) < 4.78 is 0. The van der Waals surface area contributed by atoms with Crippen LogP contribution in [-0.4, -0.2) is 48.5 Å². The Morgan fingerprint density at radius 2 is 1.48 bits per heavy atom. The van der Waals surface area contributed by atoms with Crippen molar-refractivity contribution in [1.82, 2.24) is 9.80 Å². The van der Waals surface area contributed by atoms with Gasteiger partial charge in [0.05, 0.1) is 6.54 Å². The van der Waals surface area contributed by atoms with Crippen LogP contribution in [-0.2, 0) is 4.84 Å². The van der Waals surface area contributed by atoms with Crippen LogP contribution in [0.3, 0.4) is 0 Å². The van der Waals surface area contributed by atoms with Crippen LogP contribution >= 0.6 is 24.8 Å². The SMILES string of the molecule is CN1CC(N(C)C2CCCCC2)ON=C1CC(c1ccccc1)c1ccccc1.Cl.Cl. The van der Waals surface area contributed by atoms with Gasteiger partial charge >= 0.3 is 0 Å². The van der Waals surface area contributed by atoms with E-state index in [1.165, 1.54) is 43.2 Å². The molecule has 2 aromatic carbocycles. The van der Waals surface area contributed by atoms with Gasteiger partial charge in [-0.3, -0.25) is 4.90 Å². The van der Waals surface area contributed by atoms with E-state index in [1.807, 2.05) is 0 Å². The van der Waals surface area contributed by atoms with E-state index in [1.54, 1.807) is 0 Å². The average Bonchev–Trinajstić information content (AvgIpc) is 2.79. The van der Waals surface area contributed by atoms with Crippen molar-refractivity contribution in [2.45, 2.75) is 56.7 Å². The Morgan fingerprint density at radius 3 is 2.00 bits per heavy atom. The summed E-state index contributed by atoms with van der Waals surface area (Å²) in [5.74, 6) is 1.30. The molecule has 1 heterocycles. The molecule has 0 aromatic heterocycles. The minimum atomic E-state index is 0. The number of benzene rings is 2. The monoisotopic (exact) mass is 463 g/mol. The predicted octanol–water partition coefficient (Wildman–Crippen LogP) is 5.92. The topological polar surface area (TPSA) is 28.1 Å². The van der Waals surface area contributed by atoms with Crippen LogP contribution in [0.1, 0.15) is 55.6 Å². The molecular weight excluding hydrogens is 429 g/mol. The fourth-order valence-corrected chi connectivity index (χ4v) is 4.67. The van der Waals surface area contributed by atoms with Gasteiger partial charge in [0.25, 0.3) is 0 Å². The van der Waals surface area contributed by atoms with E-state index in [4.69, 9.17) is 4.84 Å². The van der Waals surface area contributed by atoms with Crippen molar-refractivity contribution in [3.05, 3.63) is 71.8 Å². The van der Waals surface area contributed by atoms with Crippen molar-refractivity contribution in [3.8, 4) is 0 Å². The average molecular weight is 464 g/mol. The second-order valence-electron chi connectivity index (χ2n) is 8.48. The van der Waals surface area contributed by atoms with Gasteiger partial charge in [0, 0.05) is 25.4 Å². The van der Waals surface area contributed by atoms with E-state index in [9.17, 15) is 0 Å². The van der Waals surface area contributed by atoms with Gasteiger partial charge in [-0.05, 0) is 31.0 Å². The summed E-state index contributed by atoms with van der Waals surface area (Å²) in [5.41, 5.74) is 2.63. The number of hydrogen-bond acceptors (Lipinski definition) is 4. The van der Waals surface area contributed by atoms with Crippen molar-refractivity contribution in [2.75, 3.05) is 20.6 Å². The number of rotatable bonds is 6. The molecule has 170 valence electrons. The van der Waals surface area contributed by atoms with E-state index in [-0.39, 0.29) is 37.0 Å². The van der Waals surface area contributed by atoms with Crippen molar-refractivity contribution >= 4 is 30.6 Å². The van der Waals surface area contributed by atoms with Crippen molar-refractivity contribution < 1.29 is 4.84 Å². The molecule has 2 aliphatic rings. The van der Waals surface area contributed by atoms with Gasteiger partial charge in [-0.15, -0.1) is 24.8 Å². The molecule has 1 aliphatic heterocycles. The number of halogens is 2. The third kappa shape index (κ3) is 6.38. The Hall–Kier alpha value is -1.75. The van der Waals surface area contributed by atoms with Gasteiger partial charge in [-0.25, -0.2) is 0 Å². The highest BCUT2D eigenvalue weighted by atomic mass is 35.5. The third-order valence-corrected chi connectivity index (χ3v) is 6.55. The first-order valence-corrected chi connectivity index (χ1v) is 11.0. The molecule has 0 amide bonds. The fourth-order valence-electron chi connectivity index (χ4n) is 4.67. The molecule has 1 unspecified atom stereocenters. The van der Waals surface area contributed by atoms with Crippen molar-refractivity contribution in [3.63, 3.8) is 0 Å². The van der Waals surface area contributed by atoms with E-state index in [0.29, 0.717) is 6.04 Å². The third-order valence-electron chi connectivity index (χ3n) is 6.55. The lowest BCUT2D eigenvalue weighted by atomic mass is 9.88. The Labute approximate surface area is 199 Å². The van der Waals surface area contributed by atoms with Crippen LogP contribution in [0.4, 0.5) is 0 Å². The zero-order valence-electron chi connectivity index (χ0n) is 18.5. The summed E-state index contributed by atoms with van der Waals surface area (Å²) in [6, 6.07) is 22.1. The molecule has 1 atom stereocenters. The first-order valence-electron chi connectivity index (χ1n) is 11.0. The van der Waals surface area contributed by atoms with E-state index in [0.717, 1.165) is 18.8 Å². The lowest BCUT2D eigenvalue weighted by Crippen LogP contribution is -2.51. The summed E-state index contributed by atoms with van der Waals surface area (Å²) in [6.07, 6.45) is 7.48. The minimum Gasteiger partial charge on any atom is -0.373 e. The number of oxime groups is 1. The van der Waals surface area contributed by atoms with Gasteiger partial charge in [-0.1, -0.05) is 85.1 Å². The molecule has 6 heteroatoms. The molecule has 1 saturated carbocycles. The van der Waals surface area contributed by atoms with Crippen LogP contribution in [0.15, 0.2) is 65.8 Å². The Kier molecular flexibility index (Phi) is 10.1. The van der Waals surface area contributed by atoms with E-state index >= 15 is 0 Å². The molecule has 0 spiro atoms. The predicted molar refractivity (Wildman–Crippen MR) is 133 cm³/mol. The summed E-state index contributed by atoms with van der Waals surface area (Å²) in [7, 11) is 4.35. The van der Waals surface area contributed by atoms with Gasteiger partial charge < -0.3 is 9.74 Å². The molecule has 1 aliphatic carbocycles. The van der Waals surface area contributed by atoms with Crippen LogP contribution in [0, 0.1) is 0 Å². The molecule has 0 N–H and O–H groups in total. The van der Waals surface area contributed by atoms with E-state index < -0.39 is 0 Å². The zero-order chi connectivity index (χ0) is 20.1. The molecule has 1 fully saturated rings. The highest BCUT2D eigenvalue weighted by Crippen LogP contribution is 2.30. The molecule has 0 bridgehead atoms. The lowest BCUT2D eigenvalue weighted by Gasteiger charge is -2.40. The Bertz CT molecular complexity index is 757. The Morgan fingerprint density at radius 1 is 0.935 bits per heavy atom. The van der Waals surface area contributed by atoms with Crippen LogP contribution in [0.25, 0.3) is 0 Å². The van der Waals surface area contributed by atoms with Gasteiger partial charge in [0.1, 0.15) is 5.84 Å². The summed E-state index contributed by atoms with van der Waals surface area (Å²) >= 11 is 0. The molecule has 0 radical (unpaired) electrons. The number of likely N-dealkylation sites (N-methyl/N-ethyl adjacent to an activating group) is 2. The van der Waals surface area contributed by atoms with E-state index in [2.05, 4.69) is 89.7 Å². The normalized spacial score (nSPS) is 19.3. The van der Waals surface area contributed by atoms with Gasteiger partial charge in [-0.2, -0.15) is 0 Å². The molecule has 0 saturated heterocycles. The lowest BCUT2D eigenvalue weighted by molar-refractivity contribution is -0.0896. The smallest absolute Gasteiger partial charge is 0.198 e. The minimum absolute atomic E-state index is 0. The fraction of sp³-hybridized carbons (Fsp3) is 0.480. The highest BCUT2D eigenvalue weighted by Gasteiger charge is 2.31. The second kappa shape index (κ2) is 12.3. The maximum Gasteiger partial charge on any atom is 0.198 e. The van der Waals surface area contributed by atoms with Gasteiger partial charge in [0.15, 0.2) is 6.23 Å². The molecule has 31 heavy (non-hydrogen) atoms. The Balaban J connectivity index is 0.00000171. The number of nitrogens with zero attached hydrogens (tertiary/aromatic N) is 3. The van der Waals surface area contributed by atoms with Gasteiger partial charge in [0.2, 0.25) is 0 Å². The van der Waals surface area contributed by atoms with Crippen LogP contribution in [0.2, 0.25) is 0 Å². The van der Waals surface area contributed by atoms with Crippen molar-refractivity contribution in [1.29, 1.82) is 0 Å². The molecule has 4 nitrogen and oxygen atoms in total.